The summed E-state index contributed by atoms with van der Waals surface area (Å²) < 4.78 is 39.1. The van der Waals surface area contributed by atoms with Gasteiger partial charge in [-0.2, -0.15) is 0 Å². The van der Waals surface area contributed by atoms with Crippen molar-refractivity contribution in [2.45, 2.75) is 11.8 Å². The predicted octanol–water partition coefficient (Wildman–Crippen LogP) is 2.37. The normalized spacial score (nSPS) is 11.4. The Bertz CT molecular complexity index is 776. The molecule has 0 aliphatic heterocycles. The van der Waals surface area contributed by atoms with Crippen molar-refractivity contribution in [3.63, 3.8) is 0 Å². The van der Waals surface area contributed by atoms with Crippen molar-refractivity contribution in [2.75, 3.05) is 18.1 Å². The summed E-state index contributed by atoms with van der Waals surface area (Å²) in [6.45, 7) is 1.65. The third-order valence-corrected chi connectivity index (χ3v) is 4.60. The molecule has 2 rings (SSSR count). The molecule has 0 fully saturated rings. The maximum absolute atomic E-state index is 13.5. The molecule has 0 atom stereocenters. The molecule has 2 aromatic rings. The van der Waals surface area contributed by atoms with Gasteiger partial charge < -0.3 is 11.1 Å². The van der Waals surface area contributed by atoms with E-state index in [4.69, 9.17) is 5.73 Å². The summed E-state index contributed by atoms with van der Waals surface area (Å²) in [5.74, 6) is -0.317. The number of nitrogen functional groups attached to an aromatic ring is 1. The Labute approximate surface area is 123 Å². The number of hydrogen-bond acceptors (Lipinski definition) is 4. The Morgan fingerprint density at radius 1 is 1.19 bits per heavy atom. The quantitative estimate of drug-likeness (QED) is 0.757. The molecule has 0 aliphatic carbocycles. The Morgan fingerprint density at radius 2 is 1.90 bits per heavy atom. The fourth-order valence-corrected chi connectivity index (χ4v) is 2.72. The fourth-order valence-electron chi connectivity index (χ4n) is 1.88. The molecule has 0 radical (unpaired) electrons. The van der Waals surface area contributed by atoms with Gasteiger partial charge in [-0.3, -0.25) is 0 Å². The van der Waals surface area contributed by atoms with Crippen molar-refractivity contribution in [2.24, 2.45) is 0 Å². The first-order chi connectivity index (χ1) is 9.85. The van der Waals surface area contributed by atoms with Crippen molar-refractivity contribution in [1.82, 2.24) is 4.72 Å². The van der Waals surface area contributed by atoms with Gasteiger partial charge in [0.15, 0.2) is 0 Å². The number of rotatable bonds is 4. The highest BCUT2D eigenvalue weighted by atomic mass is 32.2. The van der Waals surface area contributed by atoms with E-state index in [1.54, 1.807) is 25.1 Å². The molecule has 0 heterocycles. The molecule has 0 bridgehead atoms. The van der Waals surface area contributed by atoms with Gasteiger partial charge in [-0.25, -0.2) is 17.5 Å². The minimum absolute atomic E-state index is 0.00603. The summed E-state index contributed by atoms with van der Waals surface area (Å²) in [5, 5.41) is 3.02. The maximum Gasteiger partial charge on any atom is 0.242 e. The highest BCUT2D eigenvalue weighted by Gasteiger charge is 2.15. The van der Waals surface area contributed by atoms with Crippen LogP contribution in [-0.2, 0) is 10.0 Å². The van der Waals surface area contributed by atoms with Crippen LogP contribution in [0.1, 0.15) is 5.56 Å². The monoisotopic (exact) mass is 309 g/mol. The lowest BCUT2D eigenvalue weighted by Crippen LogP contribution is -2.19. The average Bonchev–Trinajstić information content (AvgIpc) is 2.44. The van der Waals surface area contributed by atoms with Gasteiger partial charge in [-0.15, -0.1) is 0 Å². The van der Waals surface area contributed by atoms with E-state index in [0.717, 1.165) is 0 Å². The molecular formula is C14H16FN3O2S. The fraction of sp³-hybridized carbons (Fsp3) is 0.143. The summed E-state index contributed by atoms with van der Waals surface area (Å²) in [6, 6.07) is 9.16. The molecule has 0 saturated carbocycles. The number of anilines is 3. The van der Waals surface area contributed by atoms with E-state index in [-0.39, 0.29) is 16.4 Å². The molecule has 112 valence electrons. The van der Waals surface area contributed by atoms with Gasteiger partial charge >= 0.3 is 0 Å². The SMILES string of the molecule is CNS(=O)(=O)c1ccc(Nc2cccc(F)c2C)cc1N. The van der Waals surface area contributed by atoms with Crippen molar-refractivity contribution < 1.29 is 12.8 Å². The molecule has 21 heavy (non-hydrogen) atoms. The third-order valence-electron chi connectivity index (χ3n) is 3.11. The second-order valence-electron chi connectivity index (χ2n) is 4.50. The molecule has 2 aromatic carbocycles. The van der Waals surface area contributed by atoms with E-state index in [2.05, 4.69) is 10.0 Å². The predicted molar refractivity (Wildman–Crippen MR) is 81.5 cm³/mol. The van der Waals surface area contributed by atoms with Crippen LogP contribution < -0.4 is 15.8 Å². The first-order valence-corrected chi connectivity index (χ1v) is 7.68. The Morgan fingerprint density at radius 3 is 2.52 bits per heavy atom. The minimum atomic E-state index is -3.60. The Kier molecular flexibility index (Phi) is 4.15. The zero-order valence-electron chi connectivity index (χ0n) is 11.6. The van der Waals surface area contributed by atoms with Gasteiger partial charge in [0.25, 0.3) is 0 Å². The van der Waals surface area contributed by atoms with Crippen LogP contribution in [-0.4, -0.2) is 15.5 Å². The van der Waals surface area contributed by atoms with Crippen LogP contribution in [0.3, 0.4) is 0 Å². The van der Waals surface area contributed by atoms with E-state index in [0.29, 0.717) is 16.9 Å². The molecule has 0 aliphatic rings. The lowest BCUT2D eigenvalue weighted by Gasteiger charge is -2.12. The van der Waals surface area contributed by atoms with Gasteiger partial charge in [-0.05, 0) is 44.3 Å². The maximum atomic E-state index is 13.5. The number of halogens is 1. The molecule has 0 saturated heterocycles. The molecule has 5 nitrogen and oxygen atoms in total. The topological polar surface area (TPSA) is 84.2 Å². The van der Waals surface area contributed by atoms with Gasteiger partial charge in [0, 0.05) is 16.9 Å². The third kappa shape index (κ3) is 3.14. The number of hydrogen-bond donors (Lipinski definition) is 3. The number of nitrogens with one attached hydrogen (secondary N) is 2. The smallest absolute Gasteiger partial charge is 0.242 e. The van der Waals surface area contributed by atoms with Crippen molar-refractivity contribution in [3.05, 3.63) is 47.8 Å². The summed E-state index contributed by atoms with van der Waals surface area (Å²) in [7, 11) is -2.28. The molecular weight excluding hydrogens is 293 g/mol. The van der Waals surface area contributed by atoms with Gasteiger partial charge in [0.1, 0.15) is 10.7 Å². The number of nitrogens with two attached hydrogens (primary N) is 1. The van der Waals surface area contributed by atoms with E-state index >= 15 is 0 Å². The van der Waals surface area contributed by atoms with Gasteiger partial charge in [-0.1, -0.05) is 6.07 Å². The van der Waals surface area contributed by atoms with E-state index in [1.165, 1.54) is 25.2 Å². The molecule has 0 amide bonds. The Hall–Kier alpha value is -2.12. The Balaban J connectivity index is 2.36. The van der Waals surface area contributed by atoms with Crippen LogP contribution in [0.2, 0.25) is 0 Å². The molecule has 0 spiro atoms. The molecule has 4 N–H and O–H groups in total. The first kappa shape index (κ1) is 15.3. The summed E-state index contributed by atoms with van der Waals surface area (Å²) in [6.07, 6.45) is 0. The summed E-state index contributed by atoms with van der Waals surface area (Å²) in [5.41, 5.74) is 7.54. The van der Waals surface area contributed by atoms with Crippen molar-refractivity contribution in [1.29, 1.82) is 0 Å². The van der Waals surface area contributed by atoms with Crippen molar-refractivity contribution >= 4 is 27.1 Å². The summed E-state index contributed by atoms with van der Waals surface area (Å²) >= 11 is 0. The van der Waals surface area contributed by atoms with E-state index in [9.17, 15) is 12.8 Å². The molecule has 0 unspecified atom stereocenters. The highest BCUT2D eigenvalue weighted by Crippen LogP contribution is 2.26. The standard InChI is InChI=1S/C14H16FN3O2S/c1-9-11(15)4-3-5-13(9)18-10-6-7-14(12(16)8-10)21(19,20)17-2/h3-8,17-18H,16H2,1-2H3. The van der Waals surface area contributed by atoms with Crippen LogP contribution in [0.5, 0.6) is 0 Å². The minimum Gasteiger partial charge on any atom is -0.398 e. The zero-order valence-corrected chi connectivity index (χ0v) is 12.5. The largest absolute Gasteiger partial charge is 0.398 e. The second kappa shape index (κ2) is 5.71. The highest BCUT2D eigenvalue weighted by molar-refractivity contribution is 7.89. The van der Waals surface area contributed by atoms with Crippen LogP contribution >= 0.6 is 0 Å². The van der Waals surface area contributed by atoms with Crippen LogP contribution in [0.25, 0.3) is 0 Å². The number of benzene rings is 2. The zero-order chi connectivity index (χ0) is 15.6. The average molecular weight is 309 g/mol. The summed E-state index contributed by atoms with van der Waals surface area (Å²) in [4.78, 5) is 0.00603. The first-order valence-electron chi connectivity index (χ1n) is 6.20. The van der Waals surface area contributed by atoms with Gasteiger partial charge in [0.2, 0.25) is 10.0 Å². The van der Waals surface area contributed by atoms with E-state index in [1.807, 2.05) is 0 Å². The van der Waals surface area contributed by atoms with Gasteiger partial charge in [0.05, 0.1) is 5.69 Å². The molecule has 7 heteroatoms. The lowest BCUT2D eigenvalue weighted by atomic mass is 10.2. The van der Waals surface area contributed by atoms with Crippen LogP contribution in [0.4, 0.5) is 21.5 Å². The number of sulfonamides is 1. The molecule has 0 aromatic heterocycles. The lowest BCUT2D eigenvalue weighted by molar-refractivity contribution is 0.588. The van der Waals surface area contributed by atoms with E-state index < -0.39 is 10.0 Å². The van der Waals surface area contributed by atoms with Crippen LogP contribution in [0, 0.1) is 12.7 Å². The van der Waals surface area contributed by atoms with Crippen LogP contribution in [0.15, 0.2) is 41.3 Å². The second-order valence-corrected chi connectivity index (χ2v) is 6.35. The van der Waals surface area contributed by atoms with Crippen molar-refractivity contribution in [3.8, 4) is 0 Å².